The van der Waals surface area contributed by atoms with Crippen LogP contribution in [0.25, 0.3) is 0 Å². The molecular formula is C14H20FNO. The average Bonchev–Trinajstić information content (AvgIpc) is 2.29. The lowest BCUT2D eigenvalue weighted by Gasteiger charge is -2.30. The van der Waals surface area contributed by atoms with Crippen LogP contribution < -0.4 is 5.32 Å². The molecule has 3 atom stereocenters. The van der Waals surface area contributed by atoms with E-state index in [-0.39, 0.29) is 5.82 Å². The van der Waals surface area contributed by atoms with Gasteiger partial charge in [0.05, 0.1) is 6.10 Å². The van der Waals surface area contributed by atoms with Gasteiger partial charge in [-0.1, -0.05) is 18.6 Å². The summed E-state index contributed by atoms with van der Waals surface area (Å²) in [7, 11) is 0. The maximum Gasteiger partial charge on any atom is 0.123 e. The Balaban J connectivity index is 1.91. The van der Waals surface area contributed by atoms with Gasteiger partial charge in [0.15, 0.2) is 0 Å². The lowest BCUT2D eigenvalue weighted by Crippen LogP contribution is -2.41. The van der Waals surface area contributed by atoms with E-state index in [4.69, 9.17) is 0 Å². The second-order valence-electron chi connectivity index (χ2n) is 5.00. The zero-order chi connectivity index (χ0) is 12.3. The van der Waals surface area contributed by atoms with Crippen molar-refractivity contribution in [1.82, 2.24) is 5.32 Å². The van der Waals surface area contributed by atoms with Crippen molar-refractivity contribution < 1.29 is 9.50 Å². The Hall–Kier alpha value is -0.930. The van der Waals surface area contributed by atoms with Crippen LogP contribution in [0.4, 0.5) is 4.39 Å². The van der Waals surface area contributed by atoms with Gasteiger partial charge in [0.2, 0.25) is 0 Å². The van der Waals surface area contributed by atoms with Gasteiger partial charge in [-0.05, 0) is 43.9 Å². The van der Waals surface area contributed by atoms with Gasteiger partial charge in [0.1, 0.15) is 5.82 Å². The van der Waals surface area contributed by atoms with Crippen LogP contribution in [0, 0.1) is 5.82 Å². The molecule has 3 heteroatoms. The van der Waals surface area contributed by atoms with Gasteiger partial charge in [-0.2, -0.15) is 0 Å². The van der Waals surface area contributed by atoms with Crippen LogP contribution in [0.15, 0.2) is 24.3 Å². The molecule has 2 nitrogen and oxygen atoms in total. The number of aliphatic hydroxyl groups is 1. The summed E-state index contributed by atoms with van der Waals surface area (Å²) in [5, 5.41) is 13.6. The third kappa shape index (κ3) is 3.51. The number of halogens is 1. The van der Waals surface area contributed by atoms with E-state index in [0.29, 0.717) is 18.5 Å². The summed E-state index contributed by atoms with van der Waals surface area (Å²) in [6.07, 6.45) is 3.75. The molecule has 94 valence electrons. The zero-order valence-corrected chi connectivity index (χ0v) is 10.2. The number of nitrogens with one attached hydrogen (secondary N) is 1. The highest BCUT2D eigenvalue weighted by Crippen LogP contribution is 2.23. The van der Waals surface area contributed by atoms with E-state index in [1.54, 1.807) is 12.1 Å². The average molecular weight is 237 g/mol. The van der Waals surface area contributed by atoms with Crippen molar-refractivity contribution in [2.75, 3.05) is 0 Å². The third-order valence-electron chi connectivity index (χ3n) is 3.47. The number of hydrogen-bond donors (Lipinski definition) is 2. The normalized spacial score (nSPS) is 26.8. The zero-order valence-electron chi connectivity index (χ0n) is 10.2. The number of aliphatic hydroxyl groups excluding tert-OH is 1. The standard InChI is InChI=1S/C14H20FNO/c1-10-3-2-4-13(16-10)9-14(17)11-5-7-12(15)8-6-11/h5-8,10,13-14,16-17H,2-4,9H2,1H3. The van der Waals surface area contributed by atoms with E-state index in [2.05, 4.69) is 12.2 Å². The first kappa shape index (κ1) is 12.5. The maximum absolute atomic E-state index is 12.8. The van der Waals surface area contributed by atoms with Crippen molar-refractivity contribution in [2.45, 2.75) is 50.8 Å². The van der Waals surface area contributed by atoms with Crippen LogP contribution >= 0.6 is 0 Å². The van der Waals surface area contributed by atoms with E-state index in [0.717, 1.165) is 12.0 Å². The monoisotopic (exact) mass is 237 g/mol. The van der Waals surface area contributed by atoms with Crippen LogP contribution in [0.5, 0.6) is 0 Å². The minimum atomic E-state index is -0.501. The topological polar surface area (TPSA) is 32.3 Å². The second kappa shape index (κ2) is 5.61. The Morgan fingerprint density at radius 2 is 2.06 bits per heavy atom. The van der Waals surface area contributed by atoms with Crippen molar-refractivity contribution in [3.63, 3.8) is 0 Å². The predicted molar refractivity (Wildman–Crippen MR) is 66.2 cm³/mol. The molecule has 1 heterocycles. The molecule has 2 rings (SSSR count). The Morgan fingerprint density at radius 3 is 2.71 bits per heavy atom. The molecule has 0 radical (unpaired) electrons. The van der Waals surface area contributed by atoms with E-state index in [1.807, 2.05) is 0 Å². The lowest BCUT2D eigenvalue weighted by molar-refractivity contribution is 0.139. The smallest absolute Gasteiger partial charge is 0.123 e. The minimum absolute atomic E-state index is 0.259. The van der Waals surface area contributed by atoms with Gasteiger partial charge >= 0.3 is 0 Å². The van der Waals surface area contributed by atoms with Crippen molar-refractivity contribution in [3.8, 4) is 0 Å². The first-order valence-corrected chi connectivity index (χ1v) is 6.34. The molecule has 1 fully saturated rings. The summed E-state index contributed by atoms with van der Waals surface area (Å²) in [6.45, 7) is 2.18. The van der Waals surface area contributed by atoms with Gasteiger partial charge in [0.25, 0.3) is 0 Å². The van der Waals surface area contributed by atoms with Gasteiger partial charge in [0, 0.05) is 12.1 Å². The van der Waals surface area contributed by atoms with Gasteiger partial charge in [-0.3, -0.25) is 0 Å². The van der Waals surface area contributed by atoms with Gasteiger partial charge < -0.3 is 10.4 Å². The van der Waals surface area contributed by atoms with Crippen molar-refractivity contribution in [3.05, 3.63) is 35.6 Å². The van der Waals surface area contributed by atoms with Crippen LogP contribution in [-0.2, 0) is 0 Å². The van der Waals surface area contributed by atoms with Crippen LogP contribution in [-0.4, -0.2) is 17.2 Å². The molecule has 1 saturated heterocycles. The fourth-order valence-corrected chi connectivity index (χ4v) is 2.52. The molecule has 1 aliphatic heterocycles. The maximum atomic E-state index is 12.8. The third-order valence-corrected chi connectivity index (χ3v) is 3.47. The molecular weight excluding hydrogens is 217 g/mol. The second-order valence-corrected chi connectivity index (χ2v) is 5.00. The molecule has 3 unspecified atom stereocenters. The molecule has 0 bridgehead atoms. The molecule has 1 aromatic carbocycles. The predicted octanol–water partition coefficient (Wildman–Crippen LogP) is 2.78. The van der Waals surface area contributed by atoms with Crippen LogP contribution in [0.3, 0.4) is 0 Å². The first-order chi connectivity index (χ1) is 8.15. The van der Waals surface area contributed by atoms with Crippen molar-refractivity contribution in [1.29, 1.82) is 0 Å². The molecule has 1 aromatic rings. The fourth-order valence-electron chi connectivity index (χ4n) is 2.52. The molecule has 0 aliphatic carbocycles. The van der Waals surface area contributed by atoms with Gasteiger partial charge in [-0.25, -0.2) is 4.39 Å². The van der Waals surface area contributed by atoms with E-state index in [9.17, 15) is 9.50 Å². The summed E-state index contributed by atoms with van der Waals surface area (Å²) in [5.41, 5.74) is 0.798. The van der Waals surface area contributed by atoms with E-state index >= 15 is 0 Å². The fraction of sp³-hybridized carbons (Fsp3) is 0.571. The molecule has 2 N–H and O–H groups in total. The van der Waals surface area contributed by atoms with Crippen molar-refractivity contribution >= 4 is 0 Å². The lowest BCUT2D eigenvalue weighted by atomic mass is 9.93. The first-order valence-electron chi connectivity index (χ1n) is 6.34. The highest BCUT2D eigenvalue weighted by atomic mass is 19.1. The summed E-state index contributed by atoms with van der Waals surface area (Å²) >= 11 is 0. The Labute approximate surface area is 102 Å². The van der Waals surface area contributed by atoms with E-state index < -0.39 is 6.10 Å². The Kier molecular flexibility index (Phi) is 4.13. The molecule has 0 aromatic heterocycles. The van der Waals surface area contributed by atoms with Crippen molar-refractivity contribution in [2.24, 2.45) is 0 Å². The highest BCUT2D eigenvalue weighted by Gasteiger charge is 2.21. The molecule has 17 heavy (non-hydrogen) atoms. The molecule has 0 spiro atoms. The highest BCUT2D eigenvalue weighted by molar-refractivity contribution is 5.18. The Bertz CT molecular complexity index is 352. The number of rotatable bonds is 3. The minimum Gasteiger partial charge on any atom is -0.388 e. The summed E-state index contributed by atoms with van der Waals surface area (Å²) < 4.78 is 12.8. The molecule has 0 amide bonds. The summed E-state index contributed by atoms with van der Waals surface area (Å²) in [4.78, 5) is 0. The largest absolute Gasteiger partial charge is 0.388 e. The van der Waals surface area contributed by atoms with E-state index in [1.165, 1.54) is 25.0 Å². The number of benzene rings is 1. The summed E-state index contributed by atoms with van der Waals surface area (Å²) in [5.74, 6) is -0.259. The Morgan fingerprint density at radius 1 is 1.35 bits per heavy atom. The SMILES string of the molecule is CC1CCCC(CC(O)c2ccc(F)cc2)N1. The number of hydrogen-bond acceptors (Lipinski definition) is 2. The van der Waals surface area contributed by atoms with Crippen LogP contribution in [0.1, 0.15) is 44.3 Å². The molecule has 0 saturated carbocycles. The van der Waals surface area contributed by atoms with Crippen LogP contribution in [0.2, 0.25) is 0 Å². The number of piperidine rings is 1. The summed E-state index contributed by atoms with van der Waals surface area (Å²) in [6, 6.07) is 7.02. The van der Waals surface area contributed by atoms with Gasteiger partial charge in [-0.15, -0.1) is 0 Å². The quantitative estimate of drug-likeness (QED) is 0.847. The molecule has 1 aliphatic rings.